The van der Waals surface area contributed by atoms with Gasteiger partial charge in [0, 0.05) is 28.7 Å². The number of carbonyl (C=O) groups excluding carboxylic acids is 1. The normalized spacial score (nSPS) is 23.8. The molecule has 2 heterocycles. The van der Waals surface area contributed by atoms with Gasteiger partial charge >= 0.3 is 0 Å². The minimum atomic E-state index is -4.55. The fraction of sp³-hybridized carbons (Fsp3) is 0.452. The minimum Gasteiger partial charge on any atom is -0.490 e. The van der Waals surface area contributed by atoms with Crippen LogP contribution in [-0.4, -0.2) is 49.5 Å². The average Bonchev–Trinajstić information content (AvgIpc) is 3.56. The van der Waals surface area contributed by atoms with Crippen LogP contribution in [0.2, 0.25) is 5.02 Å². The van der Waals surface area contributed by atoms with Crippen molar-refractivity contribution in [2.24, 2.45) is 5.73 Å². The number of hydrogen-bond donors (Lipinski definition) is 2. The number of rotatable bonds is 8. The van der Waals surface area contributed by atoms with Gasteiger partial charge in [0.05, 0.1) is 11.0 Å². The van der Waals surface area contributed by atoms with E-state index in [-0.39, 0.29) is 34.1 Å². The maximum atomic E-state index is 16.2. The van der Waals surface area contributed by atoms with Gasteiger partial charge in [-0.25, -0.2) is 8.42 Å². The van der Waals surface area contributed by atoms with Crippen molar-refractivity contribution >= 4 is 38.3 Å². The molecule has 3 N–H and O–H groups in total. The lowest BCUT2D eigenvalue weighted by atomic mass is 9.95. The first-order valence-corrected chi connectivity index (χ1v) is 16.3. The first-order valence-electron chi connectivity index (χ1n) is 14.5. The monoisotopic (exact) mass is 617 g/mol. The van der Waals surface area contributed by atoms with Gasteiger partial charge in [-0.3, -0.25) is 4.79 Å². The molecular formula is C31H34ClF2N3O4S. The van der Waals surface area contributed by atoms with Crippen LogP contribution in [0, 0.1) is 0 Å². The quantitative estimate of drug-likeness (QED) is 0.336. The lowest BCUT2D eigenvalue weighted by Gasteiger charge is -2.41. The Kier molecular flexibility index (Phi) is 7.93. The smallest absolute Gasteiger partial charge is 0.298 e. The van der Waals surface area contributed by atoms with Crippen LogP contribution in [-0.2, 0) is 20.7 Å². The molecule has 224 valence electrons. The predicted molar refractivity (Wildman–Crippen MR) is 157 cm³/mol. The highest BCUT2D eigenvalue weighted by Gasteiger charge is 2.53. The Morgan fingerprint density at radius 1 is 0.952 bits per heavy atom. The molecule has 1 aliphatic carbocycles. The number of fused-ring (bicyclic) bond motifs is 3. The molecule has 3 fully saturated rings. The van der Waals surface area contributed by atoms with Crippen molar-refractivity contribution in [3.8, 4) is 5.75 Å². The van der Waals surface area contributed by atoms with Crippen molar-refractivity contribution in [1.82, 2.24) is 9.62 Å². The lowest BCUT2D eigenvalue weighted by molar-refractivity contribution is -0.149. The Balaban J connectivity index is 1.31. The molecule has 3 aromatic carbocycles. The maximum absolute atomic E-state index is 16.2. The Hall–Kier alpha value is -2.79. The Labute approximate surface area is 249 Å². The van der Waals surface area contributed by atoms with Crippen LogP contribution < -0.4 is 15.2 Å². The predicted octanol–water partition coefficient (Wildman–Crippen LogP) is 5.73. The van der Waals surface area contributed by atoms with E-state index in [0.29, 0.717) is 36.8 Å². The van der Waals surface area contributed by atoms with E-state index in [0.717, 1.165) is 43.2 Å². The van der Waals surface area contributed by atoms with E-state index in [2.05, 4.69) is 4.72 Å². The number of nitrogens with two attached hydrogens (primary N) is 1. The first kappa shape index (κ1) is 29.3. The lowest BCUT2D eigenvalue weighted by Crippen LogP contribution is -2.60. The van der Waals surface area contributed by atoms with Crippen LogP contribution in [0.5, 0.6) is 5.75 Å². The molecule has 2 bridgehead atoms. The van der Waals surface area contributed by atoms with Crippen molar-refractivity contribution < 1.29 is 26.7 Å². The average molecular weight is 618 g/mol. The highest BCUT2D eigenvalue weighted by Crippen LogP contribution is 2.40. The standard InChI is InChI=1S/C31H34ClF2N3O4S/c32-22-9-7-21(8-10-22)31(33,34)29(30(38)37-24-11-12-25(37)18-23(35)17-24)36-42(39,40)28-14-6-19-15-27(13-5-20(19)16-28)41-26-3-1-2-4-26/h5-10,13-16,23-26,29,36H,1-4,11-12,17-18,35H2. The number of amides is 1. The minimum absolute atomic E-state index is 0.125. The van der Waals surface area contributed by atoms with Gasteiger partial charge in [-0.15, -0.1) is 0 Å². The van der Waals surface area contributed by atoms with Crippen LogP contribution in [0.4, 0.5) is 8.78 Å². The van der Waals surface area contributed by atoms with Gasteiger partial charge in [-0.2, -0.15) is 13.5 Å². The zero-order valence-electron chi connectivity index (χ0n) is 23.0. The van der Waals surface area contributed by atoms with E-state index in [4.69, 9.17) is 22.1 Å². The number of nitrogens with zero attached hydrogens (tertiary/aromatic N) is 1. The topological polar surface area (TPSA) is 102 Å². The summed E-state index contributed by atoms with van der Waals surface area (Å²) in [5.74, 6) is -4.11. The second-order valence-corrected chi connectivity index (χ2v) is 13.9. The van der Waals surface area contributed by atoms with E-state index >= 15 is 8.78 Å². The van der Waals surface area contributed by atoms with Crippen molar-refractivity contribution in [2.45, 2.75) is 92.5 Å². The molecule has 0 radical (unpaired) electrons. The largest absolute Gasteiger partial charge is 0.490 e. The molecule has 11 heteroatoms. The second kappa shape index (κ2) is 11.4. The molecule has 2 aliphatic heterocycles. The van der Waals surface area contributed by atoms with E-state index < -0.39 is 33.5 Å². The highest BCUT2D eigenvalue weighted by atomic mass is 35.5. The Bertz CT molecular complexity index is 1570. The number of carbonyl (C=O) groups is 1. The van der Waals surface area contributed by atoms with Crippen LogP contribution in [0.1, 0.15) is 56.9 Å². The molecule has 42 heavy (non-hydrogen) atoms. The second-order valence-electron chi connectivity index (χ2n) is 11.7. The zero-order chi connectivity index (χ0) is 29.6. The fourth-order valence-electron chi connectivity index (χ4n) is 6.71. The Morgan fingerprint density at radius 2 is 1.57 bits per heavy atom. The number of hydrogen-bond acceptors (Lipinski definition) is 5. The van der Waals surface area contributed by atoms with Gasteiger partial charge in [0.15, 0.2) is 6.04 Å². The summed E-state index contributed by atoms with van der Waals surface area (Å²) in [6.07, 6.45) is 6.74. The summed E-state index contributed by atoms with van der Waals surface area (Å²) >= 11 is 5.92. The summed E-state index contributed by atoms with van der Waals surface area (Å²) < 4.78 is 67.8. The van der Waals surface area contributed by atoms with Gasteiger partial charge in [0.1, 0.15) is 5.75 Å². The van der Waals surface area contributed by atoms with E-state index in [1.807, 2.05) is 6.07 Å². The van der Waals surface area contributed by atoms with Crippen molar-refractivity contribution in [3.05, 3.63) is 71.2 Å². The number of halogens is 3. The fourth-order valence-corrected chi connectivity index (χ4v) is 8.06. The van der Waals surface area contributed by atoms with Crippen LogP contribution >= 0.6 is 11.6 Å². The van der Waals surface area contributed by atoms with Gasteiger partial charge in [-0.1, -0.05) is 35.9 Å². The number of nitrogens with one attached hydrogen (secondary N) is 1. The molecule has 6 rings (SSSR count). The summed E-state index contributed by atoms with van der Waals surface area (Å²) in [5, 5.41) is 1.60. The molecule has 0 aromatic heterocycles. The molecule has 1 amide bonds. The molecule has 1 saturated carbocycles. The van der Waals surface area contributed by atoms with Gasteiger partial charge in [0.25, 0.3) is 5.92 Å². The first-order chi connectivity index (χ1) is 20.0. The summed E-state index contributed by atoms with van der Waals surface area (Å²) in [6, 6.07) is 11.5. The van der Waals surface area contributed by atoms with Crippen molar-refractivity contribution in [1.29, 1.82) is 0 Å². The van der Waals surface area contributed by atoms with Crippen LogP contribution in [0.3, 0.4) is 0 Å². The molecule has 7 nitrogen and oxygen atoms in total. The van der Waals surface area contributed by atoms with Crippen molar-refractivity contribution in [3.63, 3.8) is 0 Å². The maximum Gasteiger partial charge on any atom is 0.298 e. The summed E-state index contributed by atoms with van der Waals surface area (Å²) in [7, 11) is -4.55. The number of sulfonamides is 1. The van der Waals surface area contributed by atoms with Crippen molar-refractivity contribution in [2.75, 3.05) is 0 Å². The van der Waals surface area contributed by atoms with Gasteiger partial charge < -0.3 is 15.4 Å². The molecule has 3 aliphatic rings. The number of piperidine rings is 1. The molecule has 2 saturated heterocycles. The highest BCUT2D eigenvalue weighted by molar-refractivity contribution is 7.89. The number of ether oxygens (including phenoxy) is 1. The third-order valence-electron chi connectivity index (χ3n) is 8.83. The SMILES string of the molecule is NC1CC2CCC(C1)N2C(=O)C(NS(=O)(=O)c1ccc2cc(OC3CCCC3)ccc2c1)C(F)(F)c1ccc(Cl)cc1. The van der Waals surface area contributed by atoms with Gasteiger partial charge in [-0.05, 0) is 98.5 Å². The van der Waals surface area contributed by atoms with E-state index in [1.54, 1.807) is 18.2 Å². The summed E-state index contributed by atoms with van der Waals surface area (Å²) in [5.41, 5.74) is 5.63. The van der Waals surface area contributed by atoms with Crippen LogP contribution in [0.25, 0.3) is 10.8 Å². The molecule has 3 aromatic rings. The third-order valence-corrected chi connectivity index (χ3v) is 10.5. The summed E-state index contributed by atoms with van der Waals surface area (Å²) in [6.45, 7) is 0. The molecule has 0 spiro atoms. The molecular weight excluding hydrogens is 584 g/mol. The number of benzene rings is 3. The van der Waals surface area contributed by atoms with E-state index in [9.17, 15) is 13.2 Å². The Morgan fingerprint density at radius 3 is 2.24 bits per heavy atom. The van der Waals surface area contributed by atoms with E-state index in [1.165, 1.54) is 29.2 Å². The summed E-state index contributed by atoms with van der Waals surface area (Å²) in [4.78, 5) is 15.1. The van der Waals surface area contributed by atoms with Gasteiger partial charge in [0.2, 0.25) is 15.9 Å². The zero-order valence-corrected chi connectivity index (χ0v) is 24.6. The number of alkyl halides is 2. The molecule has 3 atom stereocenters. The molecule has 3 unspecified atom stereocenters. The van der Waals surface area contributed by atoms with Crippen LogP contribution in [0.15, 0.2) is 65.6 Å². The third kappa shape index (κ3) is 5.74.